The summed E-state index contributed by atoms with van der Waals surface area (Å²) < 4.78 is 1.35. The standard InChI is InChI=1S/C22H23ClN4O3S/c1-26(15-8-6-14(23)7-9-15)19(29)10-11-24-18(28)12-27-13-25-21-20(22(27)30)16-4-2-3-5-17(16)31-21/h6-9,13H,2-5,10-12H2,1H3,(H,24,28). The second kappa shape index (κ2) is 9.20. The van der Waals surface area contributed by atoms with Gasteiger partial charge in [0.25, 0.3) is 5.56 Å². The molecule has 0 atom stereocenters. The van der Waals surface area contributed by atoms with Crippen molar-refractivity contribution in [1.82, 2.24) is 14.9 Å². The van der Waals surface area contributed by atoms with Crippen LogP contribution in [-0.4, -0.2) is 35.0 Å². The Kier molecular flexibility index (Phi) is 6.38. The Labute approximate surface area is 188 Å². The van der Waals surface area contributed by atoms with Gasteiger partial charge >= 0.3 is 0 Å². The lowest BCUT2D eigenvalue weighted by atomic mass is 9.97. The van der Waals surface area contributed by atoms with Crippen molar-refractivity contribution in [2.75, 3.05) is 18.5 Å². The molecule has 162 valence electrons. The van der Waals surface area contributed by atoms with Gasteiger partial charge in [-0.05, 0) is 55.5 Å². The van der Waals surface area contributed by atoms with Gasteiger partial charge in [0, 0.05) is 35.6 Å². The normalized spacial score (nSPS) is 13.1. The van der Waals surface area contributed by atoms with Crippen LogP contribution in [0.3, 0.4) is 0 Å². The number of halogens is 1. The van der Waals surface area contributed by atoms with Crippen molar-refractivity contribution in [1.29, 1.82) is 0 Å². The first-order valence-electron chi connectivity index (χ1n) is 10.2. The predicted octanol–water partition coefficient (Wildman–Crippen LogP) is 3.16. The maximum Gasteiger partial charge on any atom is 0.262 e. The highest BCUT2D eigenvalue weighted by Gasteiger charge is 2.20. The summed E-state index contributed by atoms with van der Waals surface area (Å²) in [4.78, 5) is 45.6. The van der Waals surface area contributed by atoms with Crippen LogP contribution >= 0.6 is 22.9 Å². The molecular formula is C22H23ClN4O3S. The van der Waals surface area contributed by atoms with Gasteiger partial charge in [0.2, 0.25) is 11.8 Å². The molecular weight excluding hydrogens is 436 g/mol. The third-order valence-electron chi connectivity index (χ3n) is 5.50. The molecule has 0 aliphatic heterocycles. The molecule has 2 amide bonds. The minimum atomic E-state index is -0.325. The topological polar surface area (TPSA) is 84.3 Å². The zero-order valence-electron chi connectivity index (χ0n) is 17.2. The van der Waals surface area contributed by atoms with E-state index in [0.717, 1.165) is 41.8 Å². The third kappa shape index (κ3) is 4.65. The molecule has 1 aliphatic carbocycles. The van der Waals surface area contributed by atoms with E-state index in [1.54, 1.807) is 42.6 Å². The average molecular weight is 459 g/mol. The second-order valence-electron chi connectivity index (χ2n) is 7.60. The molecule has 7 nitrogen and oxygen atoms in total. The largest absolute Gasteiger partial charge is 0.354 e. The molecule has 1 aliphatic rings. The molecule has 2 aromatic heterocycles. The number of hydrogen-bond donors (Lipinski definition) is 1. The highest BCUT2D eigenvalue weighted by atomic mass is 35.5. The molecule has 0 fully saturated rings. The summed E-state index contributed by atoms with van der Waals surface area (Å²) >= 11 is 7.46. The zero-order chi connectivity index (χ0) is 22.0. The van der Waals surface area contributed by atoms with Crippen LogP contribution in [0.15, 0.2) is 35.4 Å². The number of benzene rings is 1. The second-order valence-corrected chi connectivity index (χ2v) is 9.12. The highest BCUT2D eigenvalue weighted by molar-refractivity contribution is 7.18. The fourth-order valence-electron chi connectivity index (χ4n) is 3.79. The van der Waals surface area contributed by atoms with Crippen LogP contribution < -0.4 is 15.8 Å². The molecule has 0 radical (unpaired) electrons. The first kappa shape index (κ1) is 21.5. The Bertz CT molecular complexity index is 1190. The first-order chi connectivity index (χ1) is 14.9. The SMILES string of the molecule is CN(C(=O)CCNC(=O)Cn1cnc2sc3c(c2c1=O)CCCC3)c1ccc(Cl)cc1. The Morgan fingerprint density at radius 1 is 1.23 bits per heavy atom. The van der Waals surface area contributed by atoms with Crippen molar-refractivity contribution in [2.24, 2.45) is 0 Å². The Balaban J connectivity index is 1.35. The van der Waals surface area contributed by atoms with Crippen LogP contribution in [-0.2, 0) is 29.0 Å². The van der Waals surface area contributed by atoms with Gasteiger partial charge in [-0.25, -0.2) is 4.98 Å². The first-order valence-corrected chi connectivity index (χ1v) is 11.4. The lowest BCUT2D eigenvalue weighted by molar-refractivity contribution is -0.122. The number of carbonyl (C=O) groups excluding carboxylic acids is 2. The predicted molar refractivity (Wildman–Crippen MR) is 123 cm³/mol. The summed E-state index contributed by atoms with van der Waals surface area (Å²) in [7, 11) is 1.68. The fourth-order valence-corrected chi connectivity index (χ4v) is 5.14. The number of thiophene rings is 1. The van der Waals surface area contributed by atoms with Gasteiger partial charge < -0.3 is 10.2 Å². The van der Waals surface area contributed by atoms with Gasteiger partial charge in [-0.2, -0.15) is 0 Å². The fraction of sp³-hybridized carbons (Fsp3) is 0.364. The van der Waals surface area contributed by atoms with Crippen molar-refractivity contribution >= 4 is 50.7 Å². The van der Waals surface area contributed by atoms with Gasteiger partial charge in [-0.1, -0.05) is 11.6 Å². The van der Waals surface area contributed by atoms with Crippen molar-refractivity contribution in [2.45, 2.75) is 38.6 Å². The van der Waals surface area contributed by atoms with E-state index in [1.165, 1.54) is 20.7 Å². The van der Waals surface area contributed by atoms with Crippen LogP contribution in [0.1, 0.15) is 29.7 Å². The van der Waals surface area contributed by atoms with Gasteiger partial charge in [0.15, 0.2) is 0 Å². The molecule has 0 bridgehead atoms. The summed E-state index contributed by atoms with van der Waals surface area (Å²) in [6.07, 6.45) is 5.69. The minimum Gasteiger partial charge on any atom is -0.354 e. The lowest BCUT2D eigenvalue weighted by Crippen LogP contribution is -2.35. The van der Waals surface area contributed by atoms with Crippen LogP contribution in [0.2, 0.25) is 5.02 Å². The smallest absolute Gasteiger partial charge is 0.262 e. The van der Waals surface area contributed by atoms with E-state index in [9.17, 15) is 14.4 Å². The van der Waals surface area contributed by atoms with Crippen molar-refractivity contribution in [3.8, 4) is 0 Å². The average Bonchev–Trinajstić information content (AvgIpc) is 3.15. The van der Waals surface area contributed by atoms with Gasteiger partial charge in [-0.3, -0.25) is 19.0 Å². The van der Waals surface area contributed by atoms with Crippen molar-refractivity contribution in [3.05, 3.63) is 56.4 Å². The van der Waals surface area contributed by atoms with Gasteiger partial charge in [0.05, 0.1) is 11.7 Å². The zero-order valence-corrected chi connectivity index (χ0v) is 18.8. The molecule has 0 spiro atoms. The molecule has 31 heavy (non-hydrogen) atoms. The number of rotatable bonds is 6. The molecule has 2 heterocycles. The molecule has 3 aromatic rings. The maximum atomic E-state index is 12.9. The van der Waals surface area contributed by atoms with Crippen LogP contribution in [0.4, 0.5) is 5.69 Å². The molecule has 0 unspecified atom stereocenters. The molecule has 0 saturated heterocycles. The molecule has 9 heteroatoms. The maximum absolute atomic E-state index is 12.9. The number of carbonyl (C=O) groups is 2. The summed E-state index contributed by atoms with van der Waals surface area (Å²) in [6.45, 7) is 0.0709. The summed E-state index contributed by atoms with van der Waals surface area (Å²) in [5.41, 5.74) is 1.66. The van der Waals surface area contributed by atoms with E-state index in [2.05, 4.69) is 10.3 Å². The number of fused-ring (bicyclic) bond motifs is 3. The molecule has 4 rings (SSSR count). The number of anilines is 1. The number of nitrogens with one attached hydrogen (secondary N) is 1. The van der Waals surface area contributed by atoms with E-state index < -0.39 is 0 Å². The number of nitrogens with zero attached hydrogens (tertiary/aromatic N) is 3. The number of aryl methyl sites for hydroxylation is 2. The number of hydrogen-bond acceptors (Lipinski definition) is 5. The van der Waals surface area contributed by atoms with E-state index >= 15 is 0 Å². The molecule has 1 N–H and O–H groups in total. The lowest BCUT2D eigenvalue weighted by Gasteiger charge is -2.17. The number of aromatic nitrogens is 2. The van der Waals surface area contributed by atoms with Gasteiger partial charge in [0.1, 0.15) is 11.4 Å². The monoisotopic (exact) mass is 458 g/mol. The summed E-state index contributed by atoms with van der Waals surface area (Å²) in [5.74, 6) is -0.456. The quantitative estimate of drug-likeness (QED) is 0.615. The van der Waals surface area contributed by atoms with Crippen molar-refractivity contribution in [3.63, 3.8) is 0 Å². The van der Waals surface area contributed by atoms with E-state index in [1.807, 2.05) is 0 Å². The Hall–Kier alpha value is -2.71. The van der Waals surface area contributed by atoms with Crippen LogP contribution in [0.5, 0.6) is 0 Å². The molecule has 0 saturated carbocycles. The Morgan fingerprint density at radius 2 is 1.97 bits per heavy atom. The minimum absolute atomic E-state index is 0.117. The summed E-state index contributed by atoms with van der Waals surface area (Å²) in [6, 6.07) is 6.96. The number of amides is 2. The van der Waals surface area contributed by atoms with E-state index in [0.29, 0.717) is 10.4 Å². The highest BCUT2D eigenvalue weighted by Crippen LogP contribution is 2.33. The molecule has 1 aromatic carbocycles. The van der Waals surface area contributed by atoms with E-state index in [4.69, 9.17) is 11.6 Å². The van der Waals surface area contributed by atoms with Crippen LogP contribution in [0, 0.1) is 0 Å². The third-order valence-corrected chi connectivity index (χ3v) is 6.96. The van der Waals surface area contributed by atoms with Gasteiger partial charge in [-0.15, -0.1) is 11.3 Å². The van der Waals surface area contributed by atoms with E-state index in [-0.39, 0.29) is 36.9 Å². The summed E-state index contributed by atoms with van der Waals surface area (Å²) in [5, 5.41) is 3.98. The van der Waals surface area contributed by atoms with Crippen molar-refractivity contribution < 1.29 is 9.59 Å². The Morgan fingerprint density at radius 3 is 2.74 bits per heavy atom. The van der Waals surface area contributed by atoms with Crippen LogP contribution in [0.25, 0.3) is 10.2 Å².